The summed E-state index contributed by atoms with van der Waals surface area (Å²) in [5.74, 6) is -3.60. The lowest BCUT2D eigenvalue weighted by Gasteiger charge is -2.23. The first-order valence-corrected chi connectivity index (χ1v) is 8.36. The number of hydrogen-bond donors (Lipinski definition) is 2. The molecule has 2 N–H and O–H groups in total. The number of nitrogens with one attached hydrogen (secondary N) is 2. The van der Waals surface area contributed by atoms with Gasteiger partial charge in [0, 0.05) is 11.9 Å². The van der Waals surface area contributed by atoms with Crippen molar-refractivity contribution in [3.05, 3.63) is 71.7 Å². The van der Waals surface area contributed by atoms with E-state index in [1.807, 2.05) is 24.3 Å². The molecule has 3 rings (SSSR count). The number of aromatic nitrogens is 2. The van der Waals surface area contributed by atoms with Crippen LogP contribution < -0.4 is 10.6 Å². The van der Waals surface area contributed by atoms with Crippen molar-refractivity contribution in [2.75, 3.05) is 10.6 Å². The van der Waals surface area contributed by atoms with Crippen molar-refractivity contribution in [1.29, 1.82) is 0 Å². The third-order valence-corrected chi connectivity index (χ3v) is 3.94. The van der Waals surface area contributed by atoms with Crippen LogP contribution in [0.3, 0.4) is 0 Å². The molecule has 1 heterocycles. The van der Waals surface area contributed by atoms with E-state index in [1.54, 1.807) is 6.07 Å². The van der Waals surface area contributed by atoms with Gasteiger partial charge in [-0.1, -0.05) is 39.0 Å². The number of para-hydroxylation sites is 1. The van der Waals surface area contributed by atoms with Crippen LogP contribution in [0.25, 0.3) is 0 Å². The molecule has 0 saturated carbocycles. The maximum atomic E-state index is 13.8. The molecule has 0 amide bonds. The fraction of sp³-hybridized carbons (Fsp3) is 0.200. The first-order chi connectivity index (χ1) is 12.8. The Morgan fingerprint density at radius 3 is 2.30 bits per heavy atom. The maximum Gasteiger partial charge on any atom is 0.229 e. The van der Waals surface area contributed by atoms with Crippen molar-refractivity contribution in [2.45, 2.75) is 26.2 Å². The molecule has 0 bridgehead atoms. The van der Waals surface area contributed by atoms with Crippen LogP contribution in [-0.2, 0) is 5.41 Å². The number of benzene rings is 2. The second-order valence-electron chi connectivity index (χ2n) is 7.03. The highest BCUT2D eigenvalue weighted by atomic mass is 19.2. The first kappa shape index (κ1) is 18.7. The van der Waals surface area contributed by atoms with E-state index in [4.69, 9.17) is 0 Å². The van der Waals surface area contributed by atoms with E-state index < -0.39 is 17.5 Å². The van der Waals surface area contributed by atoms with Gasteiger partial charge in [-0.2, -0.15) is 4.98 Å². The smallest absolute Gasteiger partial charge is 0.229 e. The Labute approximate surface area is 155 Å². The summed E-state index contributed by atoms with van der Waals surface area (Å²) >= 11 is 0. The van der Waals surface area contributed by atoms with Gasteiger partial charge in [-0.25, -0.2) is 18.2 Å². The molecular formula is C20H19F3N4. The second-order valence-corrected chi connectivity index (χ2v) is 7.03. The zero-order chi connectivity index (χ0) is 19.6. The lowest BCUT2D eigenvalue weighted by molar-refractivity contribution is 0.449. The van der Waals surface area contributed by atoms with Crippen LogP contribution in [0, 0.1) is 17.5 Å². The van der Waals surface area contributed by atoms with Crippen LogP contribution >= 0.6 is 0 Å². The zero-order valence-corrected chi connectivity index (χ0v) is 15.1. The van der Waals surface area contributed by atoms with E-state index in [0.29, 0.717) is 5.82 Å². The summed E-state index contributed by atoms with van der Waals surface area (Å²) in [5, 5.41) is 5.79. The number of halogens is 3. The van der Waals surface area contributed by atoms with E-state index in [-0.39, 0.29) is 17.1 Å². The van der Waals surface area contributed by atoms with E-state index >= 15 is 0 Å². The third-order valence-electron chi connectivity index (χ3n) is 3.94. The average Bonchev–Trinajstić information content (AvgIpc) is 2.62. The Morgan fingerprint density at radius 1 is 0.815 bits per heavy atom. The maximum absolute atomic E-state index is 13.8. The highest BCUT2D eigenvalue weighted by Gasteiger charge is 2.18. The number of rotatable bonds is 4. The molecule has 0 aliphatic heterocycles. The molecule has 0 aliphatic carbocycles. The third kappa shape index (κ3) is 4.19. The standard InChI is InChI=1S/C20H19F3N4/c1-20(2,3)12-6-4-5-7-14(12)25-16-10-11-24-19(27-16)26-15-9-8-13(21)17(22)18(15)23/h4-11H,1-3H3,(H2,24,25,26,27). The summed E-state index contributed by atoms with van der Waals surface area (Å²) in [6.45, 7) is 6.31. The quantitative estimate of drug-likeness (QED) is 0.579. The molecule has 2 aromatic carbocycles. The summed E-state index contributed by atoms with van der Waals surface area (Å²) in [6, 6.07) is 11.4. The molecular weight excluding hydrogens is 353 g/mol. The van der Waals surface area contributed by atoms with Crippen molar-refractivity contribution in [2.24, 2.45) is 0 Å². The minimum absolute atomic E-state index is 0.0538. The van der Waals surface area contributed by atoms with Gasteiger partial charge in [0.1, 0.15) is 5.82 Å². The van der Waals surface area contributed by atoms with Crippen molar-refractivity contribution >= 4 is 23.1 Å². The molecule has 0 unspecified atom stereocenters. The zero-order valence-electron chi connectivity index (χ0n) is 15.1. The average molecular weight is 372 g/mol. The largest absolute Gasteiger partial charge is 0.340 e. The Balaban J connectivity index is 1.87. The van der Waals surface area contributed by atoms with Crippen LogP contribution in [0.4, 0.5) is 36.3 Å². The van der Waals surface area contributed by atoms with Gasteiger partial charge in [-0.3, -0.25) is 0 Å². The van der Waals surface area contributed by atoms with Crippen molar-refractivity contribution in [3.63, 3.8) is 0 Å². The van der Waals surface area contributed by atoms with Gasteiger partial charge in [0.05, 0.1) is 5.69 Å². The molecule has 27 heavy (non-hydrogen) atoms. The van der Waals surface area contributed by atoms with E-state index in [2.05, 4.69) is 41.4 Å². The van der Waals surface area contributed by atoms with Gasteiger partial charge in [0.2, 0.25) is 5.95 Å². The Morgan fingerprint density at radius 2 is 1.56 bits per heavy atom. The van der Waals surface area contributed by atoms with Crippen LogP contribution in [0.5, 0.6) is 0 Å². The van der Waals surface area contributed by atoms with Crippen LogP contribution in [0.1, 0.15) is 26.3 Å². The first-order valence-electron chi connectivity index (χ1n) is 8.36. The van der Waals surface area contributed by atoms with Gasteiger partial charge in [0.15, 0.2) is 17.5 Å². The molecule has 3 aromatic rings. The van der Waals surface area contributed by atoms with Crippen molar-refractivity contribution in [1.82, 2.24) is 9.97 Å². The Kier molecular flexibility index (Phi) is 5.03. The van der Waals surface area contributed by atoms with Gasteiger partial charge < -0.3 is 10.6 Å². The van der Waals surface area contributed by atoms with Gasteiger partial charge in [-0.15, -0.1) is 0 Å². The van der Waals surface area contributed by atoms with Crippen molar-refractivity contribution in [3.8, 4) is 0 Å². The van der Waals surface area contributed by atoms with Crippen LogP contribution in [0.2, 0.25) is 0 Å². The summed E-state index contributed by atoms with van der Waals surface area (Å²) in [6.07, 6.45) is 1.48. The van der Waals surface area contributed by atoms with E-state index in [9.17, 15) is 13.2 Å². The number of nitrogens with zero attached hydrogens (tertiary/aromatic N) is 2. The molecule has 0 saturated heterocycles. The lowest BCUT2D eigenvalue weighted by atomic mass is 9.86. The van der Waals surface area contributed by atoms with Gasteiger partial charge in [0.25, 0.3) is 0 Å². The Bertz CT molecular complexity index is 968. The highest BCUT2D eigenvalue weighted by Crippen LogP contribution is 2.31. The van der Waals surface area contributed by atoms with Crippen LogP contribution in [0.15, 0.2) is 48.7 Å². The predicted molar refractivity (Wildman–Crippen MR) is 100 cm³/mol. The molecule has 0 fully saturated rings. The lowest BCUT2D eigenvalue weighted by Crippen LogP contribution is -2.14. The number of hydrogen-bond acceptors (Lipinski definition) is 4. The molecule has 0 atom stereocenters. The van der Waals surface area contributed by atoms with E-state index in [1.165, 1.54) is 6.20 Å². The summed E-state index contributed by atoms with van der Waals surface area (Å²) in [5.41, 5.74) is 1.66. The summed E-state index contributed by atoms with van der Waals surface area (Å²) < 4.78 is 40.3. The SMILES string of the molecule is CC(C)(C)c1ccccc1Nc1ccnc(Nc2ccc(F)c(F)c2F)n1. The molecule has 4 nitrogen and oxygen atoms in total. The minimum Gasteiger partial charge on any atom is -0.340 e. The van der Waals surface area contributed by atoms with Crippen LogP contribution in [-0.4, -0.2) is 9.97 Å². The fourth-order valence-electron chi connectivity index (χ4n) is 2.62. The summed E-state index contributed by atoms with van der Waals surface area (Å²) in [7, 11) is 0. The second kappa shape index (κ2) is 7.26. The predicted octanol–water partition coefficient (Wildman–Crippen LogP) is 5.68. The summed E-state index contributed by atoms with van der Waals surface area (Å²) in [4.78, 5) is 8.26. The molecule has 1 aromatic heterocycles. The molecule has 7 heteroatoms. The topological polar surface area (TPSA) is 49.8 Å². The monoisotopic (exact) mass is 372 g/mol. The van der Waals surface area contributed by atoms with E-state index in [0.717, 1.165) is 23.4 Å². The number of anilines is 4. The van der Waals surface area contributed by atoms with Gasteiger partial charge in [-0.05, 0) is 35.2 Å². The fourth-order valence-corrected chi connectivity index (χ4v) is 2.62. The molecule has 0 radical (unpaired) electrons. The Hall–Kier alpha value is -3.09. The highest BCUT2D eigenvalue weighted by molar-refractivity contribution is 5.63. The normalized spacial score (nSPS) is 11.3. The molecule has 0 aliphatic rings. The van der Waals surface area contributed by atoms with Gasteiger partial charge >= 0.3 is 0 Å². The minimum atomic E-state index is -1.55. The van der Waals surface area contributed by atoms with Crippen molar-refractivity contribution < 1.29 is 13.2 Å². The molecule has 0 spiro atoms. The molecule has 140 valence electrons.